The maximum absolute atomic E-state index is 11.9. The van der Waals surface area contributed by atoms with Crippen molar-refractivity contribution in [2.24, 2.45) is 11.8 Å². The Balaban J connectivity index is 2.45. The molecule has 1 saturated carbocycles. The number of carboxylic acids is 1. The van der Waals surface area contributed by atoms with E-state index >= 15 is 0 Å². The summed E-state index contributed by atoms with van der Waals surface area (Å²) >= 11 is 0. The van der Waals surface area contributed by atoms with Gasteiger partial charge in [0.05, 0.1) is 0 Å². The minimum atomic E-state index is -0.812. The lowest BCUT2D eigenvalue weighted by molar-refractivity contribution is -0.137. The van der Waals surface area contributed by atoms with Gasteiger partial charge in [0.25, 0.3) is 0 Å². The molecular weight excluding hydrogens is 280 g/mol. The Morgan fingerprint density at radius 1 is 1.27 bits per heavy atom. The Morgan fingerprint density at radius 2 is 2.05 bits per heavy atom. The van der Waals surface area contributed by atoms with Crippen LogP contribution in [0, 0.1) is 11.8 Å². The molecule has 1 aliphatic carbocycles. The zero-order valence-electron chi connectivity index (χ0n) is 13.3. The minimum absolute atomic E-state index is 0.0590. The average molecular weight is 306 g/mol. The third-order valence-corrected chi connectivity index (χ3v) is 4.04. The normalized spacial score (nSPS) is 22.0. The van der Waals surface area contributed by atoms with E-state index in [4.69, 9.17) is 5.11 Å². The molecule has 1 aliphatic rings. The summed E-state index contributed by atoms with van der Waals surface area (Å²) in [6.45, 7) is 2.05. The quantitative estimate of drug-likeness (QED) is 0.493. The van der Waals surface area contributed by atoms with Gasteiger partial charge in [0.15, 0.2) is 5.78 Å². The zero-order chi connectivity index (χ0) is 16.4. The van der Waals surface area contributed by atoms with Crippen LogP contribution in [0.15, 0.2) is 24.3 Å². The minimum Gasteiger partial charge on any atom is -0.481 e. The number of carbonyl (C=O) groups excluding carboxylic acids is 2. The van der Waals surface area contributed by atoms with Crippen LogP contribution >= 0.6 is 0 Å². The molecule has 2 unspecified atom stereocenters. The molecular formula is C18H26O4. The summed E-state index contributed by atoms with van der Waals surface area (Å²) in [6.07, 6.45) is 12.4. The second kappa shape index (κ2) is 10.1. The first-order valence-electron chi connectivity index (χ1n) is 8.15. The smallest absolute Gasteiger partial charge is 0.303 e. The van der Waals surface area contributed by atoms with E-state index in [0.717, 1.165) is 19.3 Å². The summed E-state index contributed by atoms with van der Waals surface area (Å²) in [5, 5.41) is 8.56. The van der Waals surface area contributed by atoms with Crippen LogP contribution < -0.4 is 0 Å². The fourth-order valence-corrected chi connectivity index (χ4v) is 2.70. The van der Waals surface area contributed by atoms with Crippen LogP contribution in [0.4, 0.5) is 0 Å². The van der Waals surface area contributed by atoms with E-state index in [1.807, 2.05) is 18.2 Å². The molecule has 0 spiro atoms. The molecule has 0 bridgehead atoms. The van der Waals surface area contributed by atoms with Crippen LogP contribution in [0.5, 0.6) is 0 Å². The number of carboxylic acid groups (broad SMARTS) is 1. The fraction of sp³-hybridized carbons (Fsp3) is 0.611. The van der Waals surface area contributed by atoms with Gasteiger partial charge in [0, 0.05) is 25.2 Å². The van der Waals surface area contributed by atoms with Crippen LogP contribution in [0.25, 0.3) is 0 Å². The molecule has 22 heavy (non-hydrogen) atoms. The number of hydrogen-bond acceptors (Lipinski definition) is 3. The highest BCUT2D eigenvalue weighted by Crippen LogP contribution is 2.32. The predicted octanol–water partition coefficient (Wildman–Crippen LogP) is 3.71. The summed E-state index contributed by atoms with van der Waals surface area (Å²) in [5.74, 6) is -0.345. The van der Waals surface area contributed by atoms with E-state index in [1.165, 1.54) is 0 Å². The highest BCUT2D eigenvalue weighted by molar-refractivity contribution is 5.90. The van der Waals surface area contributed by atoms with Crippen LogP contribution in [0.1, 0.15) is 58.3 Å². The van der Waals surface area contributed by atoms with Gasteiger partial charge in [0.1, 0.15) is 5.78 Å². The second-order valence-corrected chi connectivity index (χ2v) is 5.84. The maximum Gasteiger partial charge on any atom is 0.303 e. The van der Waals surface area contributed by atoms with Gasteiger partial charge in [-0.25, -0.2) is 0 Å². The van der Waals surface area contributed by atoms with E-state index in [9.17, 15) is 14.4 Å². The zero-order valence-corrected chi connectivity index (χ0v) is 13.3. The van der Waals surface area contributed by atoms with Crippen molar-refractivity contribution in [1.82, 2.24) is 0 Å². The maximum atomic E-state index is 11.9. The van der Waals surface area contributed by atoms with Gasteiger partial charge in [-0.1, -0.05) is 31.6 Å². The Hall–Kier alpha value is -1.71. The molecule has 0 aromatic heterocycles. The number of aliphatic carboxylic acids is 1. The molecule has 0 amide bonds. The molecule has 4 nitrogen and oxygen atoms in total. The van der Waals surface area contributed by atoms with E-state index in [-0.39, 0.29) is 29.8 Å². The Morgan fingerprint density at radius 3 is 2.73 bits per heavy atom. The van der Waals surface area contributed by atoms with Crippen molar-refractivity contribution in [2.45, 2.75) is 58.3 Å². The van der Waals surface area contributed by atoms with Crippen molar-refractivity contribution in [3.63, 3.8) is 0 Å². The summed E-state index contributed by atoms with van der Waals surface area (Å²) in [6, 6.07) is 0. The number of carbonyl (C=O) groups is 3. The van der Waals surface area contributed by atoms with Crippen molar-refractivity contribution < 1.29 is 19.5 Å². The molecule has 1 fully saturated rings. The molecule has 1 N–H and O–H groups in total. The highest BCUT2D eigenvalue weighted by atomic mass is 16.4. The van der Waals surface area contributed by atoms with Gasteiger partial charge < -0.3 is 5.11 Å². The van der Waals surface area contributed by atoms with Crippen molar-refractivity contribution in [3.8, 4) is 0 Å². The van der Waals surface area contributed by atoms with Crippen LogP contribution in [-0.2, 0) is 14.4 Å². The number of rotatable bonds is 10. The molecule has 0 saturated heterocycles. The molecule has 0 heterocycles. The number of allylic oxidation sites excluding steroid dienone is 4. The Kier molecular flexibility index (Phi) is 8.41. The van der Waals surface area contributed by atoms with E-state index in [0.29, 0.717) is 25.7 Å². The van der Waals surface area contributed by atoms with Gasteiger partial charge in [0.2, 0.25) is 0 Å². The van der Waals surface area contributed by atoms with Crippen molar-refractivity contribution >= 4 is 17.5 Å². The lowest BCUT2D eigenvalue weighted by atomic mass is 9.91. The molecule has 122 valence electrons. The summed E-state index contributed by atoms with van der Waals surface area (Å²) in [5.41, 5.74) is 0. The van der Waals surface area contributed by atoms with Crippen LogP contribution in [-0.4, -0.2) is 22.6 Å². The van der Waals surface area contributed by atoms with Crippen molar-refractivity contribution in [3.05, 3.63) is 24.3 Å². The Labute approximate surface area is 132 Å². The average Bonchev–Trinajstić information content (AvgIpc) is 2.83. The molecule has 0 radical (unpaired) electrons. The van der Waals surface area contributed by atoms with Crippen molar-refractivity contribution in [2.75, 3.05) is 0 Å². The monoisotopic (exact) mass is 306 g/mol. The molecule has 4 heteroatoms. The SMILES string of the molecule is CCCCC(=O)C=CC1CCC(=O)C1CC=CCCC(=O)O. The third kappa shape index (κ3) is 6.83. The molecule has 0 aromatic rings. The van der Waals surface area contributed by atoms with Gasteiger partial charge in [-0.15, -0.1) is 0 Å². The number of unbranched alkanes of at least 4 members (excludes halogenated alkanes) is 1. The third-order valence-electron chi connectivity index (χ3n) is 4.04. The number of ketones is 2. The topological polar surface area (TPSA) is 71.4 Å². The predicted molar refractivity (Wildman–Crippen MR) is 85.5 cm³/mol. The molecule has 0 aromatic carbocycles. The van der Waals surface area contributed by atoms with Gasteiger partial charge >= 0.3 is 5.97 Å². The highest BCUT2D eigenvalue weighted by Gasteiger charge is 2.31. The number of hydrogen-bond donors (Lipinski definition) is 1. The van der Waals surface area contributed by atoms with E-state index < -0.39 is 5.97 Å². The number of Topliss-reactive ketones (excluding diaryl/α,β-unsaturated/α-hetero) is 1. The first-order chi connectivity index (χ1) is 10.5. The molecule has 1 rings (SSSR count). The second-order valence-electron chi connectivity index (χ2n) is 5.84. The first-order valence-corrected chi connectivity index (χ1v) is 8.15. The van der Waals surface area contributed by atoms with Crippen LogP contribution in [0.3, 0.4) is 0 Å². The van der Waals surface area contributed by atoms with Gasteiger partial charge in [-0.3, -0.25) is 14.4 Å². The van der Waals surface area contributed by atoms with E-state index in [1.54, 1.807) is 6.08 Å². The lowest BCUT2D eigenvalue weighted by Gasteiger charge is -2.12. The van der Waals surface area contributed by atoms with E-state index in [2.05, 4.69) is 6.92 Å². The summed E-state index contributed by atoms with van der Waals surface area (Å²) in [7, 11) is 0. The fourth-order valence-electron chi connectivity index (χ4n) is 2.70. The van der Waals surface area contributed by atoms with Gasteiger partial charge in [-0.2, -0.15) is 0 Å². The van der Waals surface area contributed by atoms with Crippen LogP contribution in [0.2, 0.25) is 0 Å². The largest absolute Gasteiger partial charge is 0.481 e. The summed E-state index contributed by atoms with van der Waals surface area (Å²) < 4.78 is 0. The molecule has 2 atom stereocenters. The Bertz CT molecular complexity index is 448. The standard InChI is InChI=1S/C18H26O4/c1-2-3-7-15(19)12-10-14-11-13-17(20)16(14)8-5-4-6-9-18(21)22/h4-5,10,12,14,16H,2-3,6-9,11,13H2,1H3,(H,21,22). The summed E-state index contributed by atoms with van der Waals surface area (Å²) in [4.78, 5) is 34.0. The molecule has 0 aliphatic heterocycles. The van der Waals surface area contributed by atoms with Gasteiger partial charge in [-0.05, 0) is 37.7 Å². The lowest BCUT2D eigenvalue weighted by Crippen LogP contribution is -2.12. The van der Waals surface area contributed by atoms with Crippen molar-refractivity contribution in [1.29, 1.82) is 0 Å². The first kappa shape index (κ1) is 18.3.